The van der Waals surface area contributed by atoms with Crippen molar-refractivity contribution in [2.45, 2.75) is 56.7 Å². The van der Waals surface area contributed by atoms with Crippen LogP contribution in [-0.2, 0) is 14.3 Å². The van der Waals surface area contributed by atoms with E-state index in [1.54, 1.807) is 6.92 Å². The number of carbonyl (C=O) groups is 1. The van der Waals surface area contributed by atoms with Gasteiger partial charge in [0.05, 0.1) is 18.8 Å². The smallest absolute Gasteiger partial charge is 0.313 e. The minimum absolute atomic E-state index is 0.326. The number of hydrogen-bond acceptors (Lipinski definition) is 5. The summed E-state index contributed by atoms with van der Waals surface area (Å²) in [5.74, 6) is -0.986. The van der Waals surface area contributed by atoms with Crippen molar-refractivity contribution in [3.05, 3.63) is 11.6 Å². The summed E-state index contributed by atoms with van der Waals surface area (Å²) >= 11 is 0. The summed E-state index contributed by atoms with van der Waals surface area (Å²) in [5.41, 5.74) is -2.12. The zero-order chi connectivity index (χ0) is 15.2. The molecule has 3 fully saturated rings. The number of aliphatic hydroxyl groups excluding tert-OH is 2. The van der Waals surface area contributed by atoms with Crippen molar-refractivity contribution in [3.8, 4) is 0 Å². The Balaban J connectivity index is 1.96. The third kappa shape index (κ3) is 1.20. The Morgan fingerprint density at radius 3 is 2.67 bits per heavy atom. The summed E-state index contributed by atoms with van der Waals surface area (Å²) in [5, 5.41) is 31.0. The summed E-state index contributed by atoms with van der Waals surface area (Å²) in [6.07, 6.45) is -0.731. The predicted molar refractivity (Wildman–Crippen MR) is 70.5 cm³/mol. The molecule has 2 saturated heterocycles. The maximum atomic E-state index is 12.2. The lowest BCUT2D eigenvalue weighted by atomic mass is 9.51. The summed E-state index contributed by atoms with van der Waals surface area (Å²) < 4.78 is 11.5. The molecule has 0 amide bonds. The Morgan fingerprint density at radius 1 is 1.43 bits per heavy atom. The Hall–Kier alpha value is -0.950. The van der Waals surface area contributed by atoms with Gasteiger partial charge in [-0.3, -0.25) is 4.79 Å². The number of epoxide rings is 1. The molecule has 2 aliphatic heterocycles. The van der Waals surface area contributed by atoms with Crippen LogP contribution in [0.1, 0.15) is 26.7 Å². The first kappa shape index (κ1) is 13.7. The normalized spacial score (nSPS) is 57.8. The van der Waals surface area contributed by atoms with E-state index in [0.717, 1.165) is 5.57 Å². The molecular weight excluding hydrogens is 276 g/mol. The zero-order valence-electron chi connectivity index (χ0n) is 12.1. The molecular formula is C15H20O6. The lowest BCUT2D eigenvalue weighted by Gasteiger charge is -2.55. The second-order valence-corrected chi connectivity index (χ2v) is 7.08. The molecule has 7 atom stereocenters. The largest absolute Gasteiger partial charge is 0.481 e. The van der Waals surface area contributed by atoms with Crippen molar-refractivity contribution >= 4 is 5.97 Å². The SMILES string of the molecule is CC1=C[C@H]2O[C@@H]3C(O)C(O)[C@@](C)([C@]34CO4)[C@@]2(C(=O)O)CC1. The van der Waals surface area contributed by atoms with Gasteiger partial charge in [-0.05, 0) is 19.8 Å². The van der Waals surface area contributed by atoms with E-state index in [1.165, 1.54) is 0 Å². The minimum Gasteiger partial charge on any atom is -0.481 e. The van der Waals surface area contributed by atoms with E-state index in [-0.39, 0.29) is 0 Å². The van der Waals surface area contributed by atoms with Crippen LogP contribution >= 0.6 is 0 Å². The Morgan fingerprint density at radius 2 is 2.10 bits per heavy atom. The highest BCUT2D eigenvalue weighted by molar-refractivity contribution is 5.79. The first-order valence-corrected chi connectivity index (χ1v) is 7.37. The summed E-state index contributed by atoms with van der Waals surface area (Å²) in [6, 6.07) is 0. The molecule has 1 saturated carbocycles. The van der Waals surface area contributed by atoms with Gasteiger partial charge in [-0.15, -0.1) is 0 Å². The van der Waals surface area contributed by atoms with Crippen LogP contribution < -0.4 is 0 Å². The molecule has 2 heterocycles. The molecule has 2 aliphatic carbocycles. The van der Waals surface area contributed by atoms with Crippen LogP contribution in [0.4, 0.5) is 0 Å². The fourth-order valence-corrected chi connectivity index (χ4v) is 5.04. The molecule has 2 bridgehead atoms. The quantitative estimate of drug-likeness (QED) is 0.468. The molecule has 3 N–H and O–H groups in total. The molecule has 1 spiro atoms. The third-order valence-electron chi connectivity index (χ3n) is 6.46. The maximum absolute atomic E-state index is 12.2. The topological polar surface area (TPSA) is 99.5 Å². The number of ether oxygens (including phenoxy) is 2. The summed E-state index contributed by atoms with van der Waals surface area (Å²) in [6.45, 7) is 4.02. The van der Waals surface area contributed by atoms with Gasteiger partial charge in [0.1, 0.15) is 23.2 Å². The molecule has 0 aromatic carbocycles. The van der Waals surface area contributed by atoms with Crippen molar-refractivity contribution in [2.75, 3.05) is 6.61 Å². The number of allylic oxidation sites excluding steroid dienone is 1. The van der Waals surface area contributed by atoms with Gasteiger partial charge in [0.25, 0.3) is 0 Å². The van der Waals surface area contributed by atoms with E-state index in [4.69, 9.17) is 9.47 Å². The molecule has 2 unspecified atom stereocenters. The van der Waals surface area contributed by atoms with Crippen LogP contribution in [0.2, 0.25) is 0 Å². The molecule has 0 aromatic heterocycles. The summed E-state index contributed by atoms with van der Waals surface area (Å²) in [4.78, 5) is 12.2. The Labute approximate surface area is 122 Å². The highest BCUT2D eigenvalue weighted by Crippen LogP contribution is 2.71. The number of carboxylic acids is 1. The van der Waals surface area contributed by atoms with E-state index in [0.29, 0.717) is 19.4 Å². The average Bonchev–Trinajstić information content (AvgIpc) is 3.21. The van der Waals surface area contributed by atoms with Crippen molar-refractivity contribution < 1.29 is 29.6 Å². The van der Waals surface area contributed by atoms with Gasteiger partial charge in [0.2, 0.25) is 0 Å². The maximum Gasteiger partial charge on any atom is 0.313 e. The molecule has 4 rings (SSSR count). The van der Waals surface area contributed by atoms with Gasteiger partial charge in [-0.25, -0.2) is 0 Å². The molecule has 6 heteroatoms. The van der Waals surface area contributed by atoms with Crippen LogP contribution in [0.15, 0.2) is 11.6 Å². The molecule has 0 aromatic rings. The standard InChI is InChI=1S/C15H20O6/c1-7-3-4-14(12(18)19)8(5-7)21-11-9(16)10(17)13(14,2)15(11)6-20-15/h5,8-11,16-17H,3-4,6H2,1-2H3,(H,18,19)/t8-,9?,10?,11-,13-,14+,15+/m1/s1. The first-order valence-electron chi connectivity index (χ1n) is 7.37. The highest BCUT2D eigenvalue weighted by atomic mass is 16.6. The van der Waals surface area contributed by atoms with Crippen molar-refractivity contribution in [1.29, 1.82) is 0 Å². The second kappa shape index (κ2) is 3.68. The highest BCUT2D eigenvalue weighted by Gasteiger charge is 2.86. The van der Waals surface area contributed by atoms with Crippen molar-refractivity contribution in [1.82, 2.24) is 0 Å². The van der Waals surface area contributed by atoms with E-state index in [2.05, 4.69) is 0 Å². The van der Waals surface area contributed by atoms with Gasteiger partial charge in [-0.2, -0.15) is 0 Å². The molecule has 4 aliphatic rings. The van der Waals surface area contributed by atoms with Gasteiger partial charge >= 0.3 is 5.97 Å². The van der Waals surface area contributed by atoms with Crippen LogP contribution in [0, 0.1) is 10.8 Å². The monoisotopic (exact) mass is 296 g/mol. The minimum atomic E-state index is -1.27. The number of aliphatic carboxylic acids is 1. The van der Waals surface area contributed by atoms with Gasteiger partial charge in [-0.1, -0.05) is 18.6 Å². The van der Waals surface area contributed by atoms with Crippen LogP contribution in [0.3, 0.4) is 0 Å². The van der Waals surface area contributed by atoms with Crippen LogP contribution in [0.5, 0.6) is 0 Å². The van der Waals surface area contributed by atoms with E-state index < -0.39 is 46.8 Å². The fraction of sp³-hybridized carbons (Fsp3) is 0.800. The van der Waals surface area contributed by atoms with E-state index in [1.807, 2.05) is 13.0 Å². The first-order chi connectivity index (χ1) is 9.81. The van der Waals surface area contributed by atoms with Gasteiger partial charge in [0.15, 0.2) is 0 Å². The van der Waals surface area contributed by atoms with Crippen LogP contribution in [0.25, 0.3) is 0 Å². The van der Waals surface area contributed by atoms with Gasteiger partial charge in [0, 0.05) is 5.41 Å². The zero-order valence-corrected chi connectivity index (χ0v) is 12.1. The predicted octanol–water partition coefficient (Wildman–Crippen LogP) is 0.0756. The molecule has 0 radical (unpaired) electrons. The van der Waals surface area contributed by atoms with Crippen LogP contribution in [-0.4, -0.2) is 57.9 Å². The van der Waals surface area contributed by atoms with Gasteiger partial charge < -0.3 is 24.8 Å². The fourth-order valence-electron chi connectivity index (χ4n) is 5.04. The van der Waals surface area contributed by atoms with E-state index >= 15 is 0 Å². The third-order valence-corrected chi connectivity index (χ3v) is 6.46. The molecule has 21 heavy (non-hydrogen) atoms. The number of rotatable bonds is 1. The molecule has 116 valence electrons. The Kier molecular flexibility index (Phi) is 2.40. The average molecular weight is 296 g/mol. The molecule has 6 nitrogen and oxygen atoms in total. The lowest BCUT2D eigenvalue weighted by Crippen LogP contribution is -2.67. The van der Waals surface area contributed by atoms with Crippen molar-refractivity contribution in [2.24, 2.45) is 10.8 Å². The second-order valence-electron chi connectivity index (χ2n) is 7.08. The number of fused-ring (bicyclic) bond motifs is 2. The number of hydrogen-bond donors (Lipinski definition) is 3. The lowest BCUT2D eigenvalue weighted by molar-refractivity contribution is -0.225. The van der Waals surface area contributed by atoms with E-state index in [9.17, 15) is 20.1 Å². The Bertz CT molecular complexity index is 552. The van der Waals surface area contributed by atoms with Crippen molar-refractivity contribution in [3.63, 3.8) is 0 Å². The summed E-state index contributed by atoms with van der Waals surface area (Å²) in [7, 11) is 0. The number of aliphatic hydroxyl groups is 2. The number of carboxylic acid groups (broad SMARTS) is 1.